The molecule has 122 valence electrons. The smallest absolute Gasteiger partial charge is 0.311 e. The van der Waals surface area contributed by atoms with Crippen molar-refractivity contribution < 1.29 is 18.3 Å². The fourth-order valence-electron chi connectivity index (χ4n) is 3.84. The van der Waals surface area contributed by atoms with Crippen LogP contribution in [-0.2, 0) is 20.6 Å². The highest BCUT2D eigenvalue weighted by Crippen LogP contribution is 2.49. The zero-order valence-electron chi connectivity index (χ0n) is 12.6. The number of sulfonamides is 1. The lowest BCUT2D eigenvalue weighted by Gasteiger charge is -2.23. The zero-order chi connectivity index (χ0) is 16.7. The molecule has 1 saturated carbocycles. The van der Waals surface area contributed by atoms with Gasteiger partial charge < -0.3 is 5.11 Å². The van der Waals surface area contributed by atoms with Gasteiger partial charge in [0.1, 0.15) is 0 Å². The molecule has 7 heteroatoms. The Balaban J connectivity index is 1.81. The molecule has 1 N–H and O–H groups in total. The lowest BCUT2D eigenvalue weighted by atomic mass is 9.81. The van der Waals surface area contributed by atoms with E-state index in [9.17, 15) is 18.3 Å². The molecule has 0 unspecified atom stereocenters. The van der Waals surface area contributed by atoms with Crippen molar-refractivity contribution in [2.45, 2.75) is 25.0 Å². The molecule has 3 rings (SSSR count). The molecule has 1 saturated heterocycles. The third-order valence-corrected chi connectivity index (χ3v) is 6.83. The molecular formula is C16H18N2O4S. The van der Waals surface area contributed by atoms with Crippen LogP contribution in [0.4, 0.5) is 0 Å². The summed E-state index contributed by atoms with van der Waals surface area (Å²) < 4.78 is 26.6. The first-order chi connectivity index (χ1) is 10.9. The predicted octanol–water partition coefficient (Wildman–Crippen LogP) is 1.57. The summed E-state index contributed by atoms with van der Waals surface area (Å²) in [6, 6.07) is 8.49. The van der Waals surface area contributed by atoms with Gasteiger partial charge in [-0.05, 0) is 36.5 Å². The van der Waals surface area contributed by atoms with Gasteiger partial charge in [0.15, 0.2) is 0 Å². The first kappa shape index (κ1) is 16.0. The van der Waals surface area contributed by atoms with Crippen LogP contribution in [0.15, 0.2) is 24.3 Å². The Morgan fingerprint density at radius 3 is 2.91 bits per heavy atom. The van der Waals surface area contributed by atoms with E-state index in [1.165, 1.54) is 4.31 Å². The Morgan fingerprint density at radius 2 is 2.26 bits per heavy atom. The summed E-state index contributed by atoms with van der Waals surface area (Å²) >= 11 is 0. The number of fused-ring (bicyclic) bond motifs is 1. The van der Waals surface area contributed by atoms with E-state index in [0.717, 1.165) is 12.8 Å². The quantitative estimate of drug-likeness (QED) is 0.901. The third kappa shape index (κ3) is 2.73. The summed E-state index contributed by atoms with van der Waals surface area (Å²) in [5.41, 5.74) is 0.0465. The lowest BCUT2D eigenvalue weighted by molar-refractivity contribution is -0.149. The van der Waals surface area contributed by atoms with Gasteiger partial charge in [-0.15, -0.1) is 0 Å². The topological polar surface area (TPSA) is 98.5 Å². The molecule has 6 nitrogen and oxygen atoms in total. The summed E-state index contributed by atoms with van der Waals surface area (Å²) in [5, 5.41) is 18.5. The zero-order valence-corrected chi connectivity index (χ0v) is 13.4. The highest BCUT2D eigenvalue weighted by molar-refractivity contribution is 7.88. The molecule has 1 heterocycles. The van der Waals surface area contributed by atoms with E-state index in [1.54, 1.807) is 24.3 Å². The number of nitriles is 1. The number of hydrogen-bond donors (Lipinski definition) is 1. The number of benzene rings is 1. The van der Waals surface area contributed by atoms with Crippen LogP contribution >= 0.6 is 0 Å². The number of rotatable bonds is 4. The van der Waals surface area contributed by atoms with Gasteiger partial charge in [-0.25, -0.2) is 12.7 Å². The van der Waals surface area contributed by atoms with E-state index in [1.807, 2.05) is 6.07 Å². The number of hydrogen-bond acceptors (Lipinski definition) is 4. The highest BCUT2D eigenvalue weighted by atomic mass is 32.2. The fourth-order valence-corrected chi connectivity index (χ4v) is 5.45. The standard InChI is InChI=1S/C16H18N2O4S/c17-8-12-3-1-4-13(7-12)10-23(21,22)18-9-14-5-2-6-16(14,11-18)15(19)20/h1,3-4,7,14H,2,5-6,9-11H2,(H,19,20)/t14-,16+/m0/s1. The molecule has 2 fully saturated rings. The minimum atomic E-state index is -3.59. The van der Waals surface area contributed by atoms with Gasteiger partial charge in [-0.2, -0.15) is 5.26 Å². The van der Waals surface area contributed by atoms with Gasteiger partial charge in [-0.1, -0.05) is 18.6 Å². The van der Waals surface area contributed by atoms with Crippen LogP contribution in [0.1, 0.15) is 30.4 Å². The van der Waals surface area contributed by atoms with E-state index >= 15 is 0 Å². The first-order valence-electron chi connectivity index (χ1n) is 7.58. The van der Waals surface area contributed by atoms with Crippen molar-refractivity contribution in [2.24, 2.45) is 11.3 Å². The van der Waals surface area contributed by atoms with E-state index in [-0.39, 0.29) is 24.8 Å². The maximum atomic E-state index is 12.6. The Morgan fingerprint density at radius 1 is 1.48 bits per heavy atom. The molecule has 0 spiro atoms. The van der Waals surface area contributed by atoms with Gasteiger partial charge in [0.25, 0.3) is 0 Å². The maximum Gasteiger partial charge on any atom is 0.311 e. The maximum absolute atomic E-state index is 12.6. The molecule has 23 heavy (non-hydrogen) atoms. The first-order valence-corrected chi connectivity index (χ1v) is 9.18. The molecule has 0 amide bonds. The molecule has 2 aliphatic rings. The van der Waals surface area contributed by atoms with Crippen molar-refractivity contribution in [1.82, 2.24) is 4.31 Å². The number of carbonyl (C=O) groups is 1. The second kappa shape index (κ2) is 5.62. The molecular weight excluding hydrogens is 316 g/mol. The second-order valence-electron chi connectivity index (χ2n) is 6.41. The van der Waals surface area contributed by atoms with Crippen LogP contribution in [-0.4, -0.2) is 36.9 Å². The molecule has 2 atom stereocenters. The van der Waals surface area contributed by atoms with Crippen molar-refractivity contribution in [3.05, 3.63) is 35.4 Å². The Bertz CT molecular complexity index is 784. The lowest BCUT2D eigenvalue weighted by Crippen LogP contribution is -2.37. The summed E-state index contributed by atoms with van der Waals surface area (Å²) in [4.78, 5) is 11.7. The number of aliphatic carboxylic acids is 1. The van der Waals surface area contributed by atoms with Crippen LogP contribution in [0, 0.1) is 22.7 Å². The number of carboxylic acid groups (broad SMARTS) is 1. The average molecular weight is 334 g/mol. The molecule has 0 aromatic heterocycles. The fraction of sp³-hybridized carbons (Fsp3) is 0.500. The molecule has 1 aliphatic carbocycles. The van der Waals surface area contributed by atoms with Crippen molar-refractivity contribution in [2.75, 3.05) is 13.1 Å². The summed E-state index contributed by atoms with van der Waals surface area (Å²) in [5.74, 6) is -1.19. The van der Waals surface area contributed by atoms with Gasteiger partial charge in [0, 0.05) is 13.1 Å². The average Bonchev–Trinajstić information content (AvgIpc) is 3.05. The molecule has 1 aromatic carbocycles. The largest absolute Gasteiger partial charge is 0.481 e. The van der Waals surface area contributed by atoms with Crippen LogP contribution in [0.5, 0.6) is 0 Å². The summed E-state index contributed by atoms with van der Waals surface area (Å²) in [6.45, 7) is 0.347. The van der Waals surface area contributed by atoms with E-state index < -0.39 is 21.4 Å². The minimum Gasteiger partial charge on any atom is -0.481 e. The van der Waals surface area contributed by atoms with Crippen LogP contribution in [0.3, 0.4) is 0 Å². The molecule has 1 aromatic rings. The number of carboxylic acids is 1. The molecule has 0 radical (unpaired) electrons. The van der Waals surface area contributed by atoms with Gasteiger partial charge in [0.05, 0.1) is 22.8 Å². The second-order valence-corrected chi connectivity index (χ2v) is 8.38. The Kier molecular flexibility index (Phi) is 3.90. The third-order valence-electron chi connectivity index (χ3n) is 5.06. The normalized spacial score (nSPS) is 27.5. The van der Waals surface area contributed by atoms with Crippen LogP contribution in [0.25, 0.3) is 0 Å². The van der Waals surface area contributed by atoms with Crippen molar-refractivity contribution in [1.29, 1.82) is 5.26 Å². The number of nitrogens with zero attached hydrogens (tertiary/aromatic N) is 2. The summed E-state index contributed by atoms with van der Waals surface area (Å²) in [6.07, 6.45) is 2.15. The Hall–Kier alpha value is -1.91. The SMILES string of the molecule is N#Cc1cccc(CS(=O)(=O)N2C[C@@H]3CCC[C@@]3(C(=O)O)C2)c1. The summed E-state index contributed by atoms with van der Waals surface area (Å²) in [7, 11) is -3.59. The molecule has 0 bridgehead atoms. The van der Waals surface area contributed by atoms with Crippen molar-refractivity contribution in [3.8, 4) is 6.07 Å². The van der Waals surface area contributed by atoms with Crippen molar-refractivity contribution >= 4 is 16.0 Å². The van der Waals surface area contributed by atoms with E-state index in [0.29, 0.717) is 17.5 Å². The van der Waals surface area contributed by atoms with Crippen LogP contribution in [0.2, 0.25) is 0 Å². The Labute approximate surface area is 135 Å². The highest BCUT2D eigenvalue weighted by Gasteiger charge is 2.56. The van der Waals surface area contributed by atoms with E-state index in [2.05, 4.69) is 0 Å². The van der Waals surface area contributed by atoms with Crippen LogP contribution < -0.4 is 0 Å². The van der Waals surface area contributed by atoms with Crippen molar-refractivity contribution in [3.63, 3.8) is 0 Å². The van der Waals surface area contributed by atoms with Gasteiger partial charge in [-0.3, -0.25) is 4.79 Å². The molecule has 1 aliphatic heterocycles. The van der Waals surface area contributed by atoms with Gasteiger partial charge in [0.2, 0.25) is 10.0 Å². The van der Waals surface area contributed by atoms with E-state index in [4.69, 9.17) is 5.26 Å². The predicted molar refractivity (Wildman–Crippen MR) is 82.8 cm³/mol. The minimum absolute atomic E-state index is 0.0628. The van der Waals surface area contributed by atoms with Gasteiger partial charge >= 0.3 is 5.97 Å². The monoisotopic (exact) mass is 334 g/mol.